The van der Waals surface area contributed by atoms with Crippen LogP contribution in [0.4, 0.5) is 5.69 Å². The summed E-state index contributed by atoms with van der Waals surface area (Å²) in [4.78, 5) is 0. The van der Waals surface area contributed by atoms with Gasteiger partial charge in [-0.05, 0) is 56.7 Å². The van der Waals surface area contributed by atoms with Gasteiger partial charge in [-0.1, -0.05) is 30.0 Å². The Labute approximate surface area is 183 Å². The van der Waals surface area contributed by atoms with Gasteiger partial charge in [0.2, 0.25) is 0 Å². The normalized spacial score (nSPS) is 19.0. The Balaban J connectivity index is 1.89. The number of hydrazone groups is 1. The second kappa shape index (κ2) is 10.2. The summed E-state index contributed by atoms with van der Waals surface area (Å²) in [6.07, 6.45) is -0.740. The predicted octanol–water partition coefficient (Wildman–Crippen LogP) is 5.25. The van der Waals surface area contributed by atoms with Crippen LogP contribution in [0.3, 0.4) is 0 Å². The van der Waals surface area contributed by atoms with E-state index in [2.05, 4.69) is 0 Å². The molecule has 3 rings (SSSR count). The van der Waals surface area contributed by atoms with E-state index in [-0.39, 0.29) is 0 Å². The molecule has 0 radical (unpaired) electrons. The monoisotopic (exact) mass is 466 g/mol. The summed E-state index contributed by atoms with van der Waals surface area (Å²) in [7, 11) is -1.48. The predicted molar refractivity (Wildman–Crippen MR) is 128 cm³/mol. The molecule has 0 aliphatic carbocycles. The summed E-state index contributed by atoms with van der Waals surface area (Å²) in [6, 6.07) is 17.9. The third-order valence-electron chi connectivity index (χ3n) is 4.73. The fourth-order valence-corrected chi connectivity index (χ4v) is 8.83. The van der Waals surface area contributed by atoms with E-state index in [1.807, 2.05) is 73.2 Å². The maximum absolute atomic E-state index is 12.9. The maximum Gasteiger partial charge on any atom is 0.331 e. The van der Waals surface area contributed by atoms with Gasteiger partial charge in [0.15, 0.2) is 0 Å². The van der Waals surface area contributed by atoms with E-state index in [1.54, 1.807) is 7.11 Å². The maximum atomic E-state index is 12.9. The van der Waals surface area contributed by atoms with Gasteiger partial charge in [-0.15, -0.1) is 0 Å². The lowest BCUT2D eigenvalue weighted by Gasteiger charge is -2.28. The first kappa shape index (κ1) is 23.2. The van der Waals surface area contributed by atoms with Gasteiger partial charge in [0.25, 0.3) is 0 Å². The molecule has 0 spiro atoms. The highest BCUT2D eigenvalue weighted by atomic mass is 32.4. The van der Waals surface area contributed by atoms with Crippen molar-refractivity contribution in [3.63, 3.8) is 0 Å². The van der Waals surface area contributed by atoms with Gasteiger partial charge >= 0.3 is 7.60 Å². The van der Waals surface area contributed by atoms with Gasteiger partial charge < -0.3 is 13.8 Å². The minimum Gasteiger partial charge on any atom is -0.497 e. The number of hydrogen-bond acceptors (Lipinski definition) is 6. The summed E-state index contributed by atoms with van der Waals surface area (Å²) in [5, 5.41) is 5.95. The molecule has 9 heteroatoms. The molecule has 0 aromatic heterocycles. The summed E-state index contributed by atoms with van der Waals surface area (Å²) in [5.74, 6) is 0.793. The molecule has 0 amide bonds. The quantitative estimate of drug-likeness (QED) is 0.446. The highest BCUT2D eigenvalue weighted by Crippen LogP contribution is 2.56. The number of nitrogens with zero attached hydrogens (tertiary/aromatic N) is 2. The molecule has 0 N–H and O–H groups in total. The Morgan fingerprint density at radius 3 is 2.27 bits per heavy atom. The van der Waals surface area contributed by atoms with Crippen molar-refractivity contribution in [3.8, 4) is 5.75 Å². The van der Waals surface area contributed by atoms with Gasteiger partial charge in [-0.2, -0.15) is 5.10 Å². The van der Waals surface area contributed by atoms with E-state index >= 15 is 0 Å². The van der Waals surface area contributed by atoms with Crippen molar-refractivity contribution in [3.05, 3.63) is 54.6 Å². The van der Waals surface area contributed by atoms with Gasteiger partial charge in [-0.3, -0.25) is 4.57 Å². The Bertz CT molecular complexity index is 957. The fourth-order valence-electron chi connectivity index (χ4n) is 3.33. The largest absolute Gasteiger partial charge is 0.497 e. The van der Waals surface area contributed by atoms with Crippen molar-refractivity contribution >= 4 is 42.3 Å². The summed E-state index contributed by atoms with van der Waals surface area (Å²) in [5.41, 5.74) is 1.89. The molecule has 1 aliphatic rings. The number of hydrogen-bond donors (Lipinski definition) is 0. The molecule has 1 aliphatic heterocycles. The van der Waals surface area contributed by atoms with E-state index < -0.39 is 13.8 Å². The number of methoxy groups -OCH3 is 1. The number of rotatable bonds is 10. The smallest absolute Gasteiger partial charge is 0.331 e. The van der Waals surface area contributed by atoms with Gasteiger partial charge in [0, 0.05) is 17.2 Å². The molecule has 1 heterocycles. The number of para-hydroxylation sites is 1. The van der Waals surface area contributed by atoms with E-state index in [0.29, 0.717) is 32.0 Å². The van der Waals surface area contributed by atoms with Crippen LogP contribution in [-0.4, -0.2) is 38.4 Å². The molecule has 162 valence electrons. The summed E-state index contributed by atoms with van der Waals surface area (Å²) in [6.45, 7) is 4.34. The molecule has 0 saturated heterocycles. The Kier molecular flexibility index (Phi) is 7.89. The van der Waals surface area contributed by atoms with E-state index in [1.165, 1.54) is 0 Å². The highest BCUT2D eigenvalue weighted by molar-refractivity contribution is 8.19. The second-order valence-electron chi connectivity index (χ2n) is 6.77. The Morgan fingerprint density at radius 2 is 1.70 bits per heavy atom. The van der Waals surface area contributed by atoms with Crippen molar-refractivity contribution in [2.75, 3.05) is 37.4 Å². The highest BCUT2D eigenvalue weighted by Gasteiger charge is 2.37. The summed E-state index contributed by atoms with van der Waals surface area (Å²) < 4.78 is 31.0. The van der Waals surface area contributed by atoms with Crippen LogP contribution in [0.15, 0.2) is 59.7 Å². The van der Waals surface area contributed by atoms with E-state index in [4.69, 9.17) is 30.7 Å². The molecular formula is C21H28N2O4P2S. The summed E-state index contributed by atoms with van der Waals surface area (Å²) >= 11 is 6.25. The van der Waals surface area contributed by atoms with Crippen LogP contribution in [0.5, 0.6) is 5.75 Å². The number of benzene rings is 2. The van der Waals surface area contributed by atoms with Gasteiger partial charge in [-0.25, -0.2) is 4.78 Å². The van der Waals surface area contributed by atoms with Crippen molar-refractivity contribution in [2.24, 2.45) is 5.10 Å². The van der Waals surface area contributed by atoms with Crippen LogP contribution in [0.2, 0.25) is 0 Å². The van der Waals surface area contributed by atoms with Crippen LogP contribution in [0.25, 0.3) is 0 Å². The minimum atomic E-state index is -3.13. The molecule has 1 atom stereocenters. The minimum absolute atomic E-state index is 0.300. The third-order valence-corrected chi connectivity index (χ3v) is 11.1. The average Bonchev–Trinajstić information content (AvgIpc) is 3.11. The van der Waals surface area contributed by atoms with E-state index in [0.717, 1.165) is 22.5 Å². The lowest BCUT2D eigenvalue weighted by molar-refractivity contribution is 0.220. The van der Waals surface area contributed by atoms with Crippen LogP contribution in [0, 0.1) is 0 Å². The zero-order valence-corrected chi connectivity index (χ0v) is 20.2. The second-order valence-corrected chi connectivity index (χ2v) is 13.4. The van der Waals surface area contributed by atoms with Crippen LogP contribution >= 0.6 is 13.8 Å². The average molecular weight is 466 g/mol. The number of anilines is 1. The standard InChI is InChI=1S/C21H28N2O4P2S/c1-4-26-29(24,27-5-2)16-15-18-17-28(30,21-13-11-20(25-3)12-14-21)23(22-18)19-9-7-6-8-10-19/h6-14H,4-5,15-17H2,1-3H3. The molecule has 2 aromatic carbocycles. The van der Waals surface area contributed by atoms with Crippen molar-refractivity contribution in [1.29, 1.82) is 0 Å². The zero-order valence-electron chi connectivity index (χ0n) is 17.6. The molecule has 6 nitrogen and oxygen atoms in total. The Morgan fingerprint density at radius 1 is 1.07 bits per heavy atom. The molecule has 1 unspecified atom stereocenters. The van der Waals surface area contributed by atoms with Crippen LogP contribution in [-0.2, 0) is 25.4 Å². The first-order valence-electron chi connectivity index (χ1n) is 9.98. The van der Waals surface area contributed by atoms with Crippen LogP contribution < -0.4 is 14.8 Å². The van der Waals surface area contributed by atoms with Gasteiger partial charge in [0.1, 0.15) is 5.75 Å². The number of ether oxygens (including phenoxy) is 1. The molecule has 2 aromatic rings. The lowest BCUT2D eigenvalue weighted by atomic mass is 10.3. The first-order chi connectivity index (χ1) is 14.4. The SMILES string of the molecule is CCOP(=O)(CCC1=NN(c2ccccc2)P(=S)(c2ccc(OC)cc2)C1)OCC. The first-order valence-corrected chi connectivity index (χ1v) is 14.6. The van der Waals surface area contributed by atoms with Crippen molar-refractivity contribution in [1.82, 2.24) is 0 Å². The third kappa shape index (κ3) is 5.22. The Hall–Kier alpha value is -1.49. The lowest BCUT2D eigenvalue weighted by Crippen LogP contribution is -2.19. The molecule has 0 saturated carbocycles. The molecule has 0 fully saturated rings. The topological polar surface area (TPSA) is 60.4 Å². The van der Waals surface area contributed by atoms with Gasteiger partial charge in [0.05, 0.1) is 38.4 Å². The zero-order chi connectivity index (χ0) is 21.6. The molecule has 0 bridgehead atoms. The van der Waals surface area contributed by atoms with E-state index in [9.17, 15) is 4.57 Å². The van der Waals surface area contributed by atoms with Crippen molar-refractivity contribution < 1.29 is 18.3 Å². The van der Waals surface area contributed by atoms with Crippen LogP contribution in [0.1, 0.15) is 20.3 Å². The fraction of sp³-hybridized carbons (Fsp3) is 0.381. The van der Waals surface area contributed by atoms with Crippen molar-refractivity contribution in [2.45, 2.75) is 20.3 Å². The molecular weight excluding hydrogens is 438 g/mol. The molecule has 30 heavy (non-hydrogen) atoms.